The van der Waals surface area contributed by atoms with Crippen molar-refractivity contribution in [2.24, 2.45) is 0 Å². The Balaban J connectivity index is 1.92. The van der Waals surface area contributed by atoms with E-state index in [2.05, 4.69) is 5.32 Å². The Labute approximate surface area is 206 Å². The summed E-state index contributed by atoms with van der Waals surface area (Å²) in [5.74, 6) is -4.64. The van der Waals surface area contributed by atoms with Gasteiger partial charge in [-0.25, -0.2) is 14.4 Å². The zero-order valence-electron chi connectivity index (χ0n) is 18.9. The van der Waals surface area contributed by atoms with E-state index in [1.54, 1.807) is 50.2 Å². The lowest BCUT2D eigenvalue weighted by Gasteiger charge is -2.23. The van der Waals surface area contributed by atoms with E-state index in [1.165, 1.54) is 36.4 Å². The molecule has 9 heteroatoms. The summed E-state index contributed by atoms with van der Waals surface area (Å²) in [5, 5.41) is 12.6. The molecule has 3 aromatic rings. The Morgan fingerprint density at radius 2 is 1.29 bits per heavy atom. The fraction of sp³-hybridized carbons (Fsp3) is 0.154. The van der Waals surface area contributed by atoms with Gasteiger partial charge in [-0.2, -0.15) is 0 Å². The van der Waals surface area contributed by atoms with Crippen molar-refractivity contribution in [2.45, 2.75) is 26.1 Å². The van der Waals surface area contributed by atoms with Gasteiger partial charge >= 0.3 is 17.9 Å². The van der Waals surface area contributed by atoms with E-state index in [9.17, 15) is 24.3 Å². The van der Waals surface area contributed by atoms with Crippen LogP contribution >= 0.6 is 11.6 Å². The zero-order chi connectivity index (χ0) is 25.5. The van der Waals surface area contributed by atoms with E-state index >= 15 is 0 Å². The van der Waals surface area contributed by atoms with Crippen molar-refractivity contribution >= 4 is 41.1 Å². The molecule has 0 aliphatic carbocycles. The average molecular weight is 496 g/mol. The van der Waals surface area contributed by atoms with Crippen LogP contribution in [0.4, 0.5) is 5.69 Å². The van der Waals surface area contributed by atoms with Gasteiger partial charge in [-0.1, -0.05) is 53.1 Å². The first-order valence-electron chi connectivity index (χ1n) is 10.5. The molecule has 0 aliphatic heterocycles. The van der Waals surface area contributed by atoms with Gasteiger partial charge in [0.05, 0.1) is 11.1 Å². The first kappa shape index (κ1) is 25.5. The zero-order valence-corrected chi connectivity index (χ0v) is 19.6. The molecule has 0 aromatic heterocycles. The number of carboxylic acid groups (broad SMARTS) is 1. The number of aliphatic carboxylic acids is 1. The highest BCUT2D eigenvalue weighted by Crippen LogP contribution is 2.19. The Morgan fingerprint density at radius 1 is 0.771 bits per heavy atom. The molecule has 1 amide bonds. The lowest BCUT2D eigenvalue weighted by atomic mass is 10.1. The molecule has 8 nitrogen and oxygen atoms in total. The van der Waals surface area contributed by atoms with Gasteiger partial charge in [0.1, 0.15) is 0 Å². The van der Waals surface area contributed by atoms with Gasteiger partial charge in [-0.3, -0.25) is 4.79 Å². The summed E-state index contributed by atoms with van der Waals surface area (Å²) in [6.07, 6.45) is -4.13. The van der Waals surface area contributed by atoms with E-state index in [1.807, 2.05) is 0 Å². The van der Waals surface area contributed by atoms with Crippen molar-refractivity contribution in [2.75, 3.05) is 5.32 Å². The van der Waals surface area contributed by atoms with Gasteiger partial charge in [0.15, 0.2) is 0 Å². The van der Waals surface area contributed by atoms with Crippen LogP contribution in [0.2, 0.25) is 5.02 Å². The minimum Gasteiger partial charge on any atom is -0.478 e. The number of hydrogen-bond acceptors (Lipinski definition) is 6. The molecule has 35 heavy (non-hydrogen) atoms. The molecule has 2 atom stereocenters. The third-order valence-electron chi connectivity index (χ3n) is 4.84. The molecular weight excluding hydrogens is 474 g/mol. The van der Waals surface area contributed by atoms with Crippen LogP contribution in [0.5, 0.6) is 0 Å². The number of hydrogen-bond donors (Lipinski definition) is 2. The fourth-order valence-corrected chi connectivity index (χ4v) is 3.38. The van der Waals surface area contributed by atoms with Crippen molar-refractivity contribution in [3.8, 4) is 0 Å². The minimum atomic E-state index is -2.13. The highest BCUT2D eigenvalue weighted by atomic mass is 35.5. The van der Waals surface area contributed by atoms with Gasteiger partial charge in [0, 0.05) is 10.7 Å². The Hall–Kier alpha value is -4.17. The van der Waals surface area contributed by atoms with Crippen molar-refractivity contribution in [3.05, 3.63) is 100 Å². The van der Waals surface area contributed by atoms with Crippen molar-refractivity contribution in [3.63, 3.8) is 0 Å². The maximum atomic E-state index is 13.1. The number of carboxylic acids is 1. The smallest absolute Gasteiger partial charge is 0.349 e. The van der Waals surface area contributed by atoms with E-state index in [4.69, 9.17) is 21.1 Å². The number of benzene rings is 3. The fourth-order valence-electron chi connectivity index (χ4n) is 3.18. The molecule has 0 bridgehead atoms. The highest BCUT2D eigenvalue weighted by molar-refractivity contribution is 6.30. The van der Waals surface area contributed by atoms with Crippen LogP contribution in [-0.2, 0) is 19.1 Å². The summed E-state index contributed by atoms with van der Waals surface area (Å²) in [5.41, 5.74) is 1.90. The Morgan fingerprint density at radius 3 is 1.77 bits per heavy atom. The molecule has 0 radical (unpaired) electrons. The first-order valence-corrected chi connectivity index (χ1v) is 10.9. The second-order valence-electron chi connectivity index (χ2n) is 7.73. The molecule has 0 fully saturated rings. The summed E-state index contributed by atoms with van der Waals surface area (Å²) in [6.45, 7) is 3.50. The van der Waals surface area contributed by atoms with E-state index < -0.39 is 36.0 Å². The van der Waals surface area contributed by atoms with Crippen molar-refractivity contribution in [1.82, 2.24) is 0 Å². The van der Waals surface area contributed by atoms with Gasteiger partial charge in [-0.15, -0.1) is 0 Å². The van der Waals surface area contributed by atoms with Crippen LogP contribution in [0.3, 0.4) is 0 Å². The number of esters is 2. The number of nitrogens with one attached hydrogen (secondary N) is 1. The molecule has 0 saturated heterocycles. The number of carbonyl (C=O) groups excluding carboxylic acids is 3. The number of aryl methyl sites for hydroxylation is 2. The molecule has 0 heterocycles. The summed E-state index contributed by atoms with van der Waals surface area (Å²) in [6, 6.07) is 18.7. The lowest BCUT2D eigenvalue weighted by molar-refractivity contribution is -0.157. The monoisotopic (exact) mass is 495 g/mol. The molecule has 0 aliphatic rings. The van der Waals surface area contributed by atoms with Gasteiger partial charge in [0.25, 0.3) is 5.91 Å². The molecule has 0 saturated carbocycles. The third kappa shape index (κ3) is 6.91. The van der Waals surface area contributed by atoms with Crippen LogP contribution < -0.4 is 5.32 Å². The van der Waals surface area contributed by atoms with Gasteiger partial charge in [0.2, 0.25) is 12.2 Å². The van der Waals surface area contributed by atoms with Crippen LogP contribution in [0.25, 0.3) is 0 Å². The van der Waals surface area contributed by atoms with Gasteiger partial charge in [-0.05, 0) is 56.3 Å². The van der Waals surface area contributed by atoms with Crippen molar-refractivity contribution < 1.29 is 33.8 Å². The highest BCUT2D eigenvalue weighted by Gasteiger charge is 2.41. The van der Waals surface area contributed by atoms with Crippen LogP contribution in [0, 0.1) is 13.8 Å². The van der Waals surface area contributed by atoms with Crippen LogP contribution in [0.15, 0.2) is 72.8 Å². The summed E-state index contributed by atoms with van der Waals surface area (Å²) < 4.78 is 10.5. The van der Waals surface area contributed by atoms with Crippen LogP contribution in [0.1, 0.15) is 31.8 Å². The lowest BCUT2D eigenvalue weighted by Crippen LogP contribution is -2.48. The molecule has 2 N–H and O–H groups in total. The third-order valence-corrected chi connectivity index (χ3v) is 5.08. The first-order chi connectivity index (χ1) is 16.6. The number of rotatable bonds is 8. The predicted octanol–water partition coefficient (Wildman–Crippen LogP) is 4.43. The summed E-state index contributed by atoms with van der Waals surface area (Å²) >= 11 is 5.95. The number of halogens is 1. The van der Waals surface area contributed by atoms with E-state index in [0.29, 0.717) is 5.02 Å². The number of carbonyl (C=O) groups is 4. The van der Waals surface area contributed by atoms with Gasteiger partial charge < -0.3 is 19.9 Å². The molecular formula is C26H22ClNO7. The standard InChI is InChI=1S/C26H22ClNO7/c1-15-6-3-8-17(12-15)25(32)34-21(23(29)28-20-11-5-10-19(27)14-20)22(24(30)31)35-26(33)18-9-4-7-16(2)13-18/h3-14,21-22H,1-2H3,(H,28,29)(H,30,31)/t21-,22-/m0/s1. The normalized spacial score (nSPS) is 12.2. The molecule has 3 rings (SSSR count). The molecule has 0 spiro atoms. The second kappa shape index (κ2) is 11.3. The maximum Gasteiger partial charge on any atom is 0.349 e. The average Bonchev–Trinajstić information content (AvgIpc) is 2.80. The second-order valence-corrected chi connectivity index (χ2v) is 8.17. The van der Waals surface area contributed by atoms with Crippen LogP contribution in [-0.4, -0.2) is 41.1 Å². The number of anilines is 1. The molecule has 0 unspecified atom stereocenters. The van der Waals surface area contributed by atoms with Crippen molar-refractivity contribution in [1.29, 1.82) is 0 Å². The summed E-state index contributed by atoms with van der Waals surface area (Å²) in [4.78, 5) is 50.6. The number of ether oxygens (including phenoxy) is 2. The minimum absolute atomic E-state index is 0.0789. The quantitative estimate of drug-likeness (QED) is 0.443. The van der Waals surface area contributed by atoms with E-state index in [0.717, 1.165) is 11.1 Å². The Bertz CT molecular complexity index is 1270. The number of amides is 1. The molecule has 180 valence electrons. The van der Waals surface area contributed by atoms with E-state index in [-0.39, 0.29) is 16.8 Å². The topological polar surface area (TPSA) is 119 Å². The Kier molecular flexibility index (Phi) is 8.22. The maximum absolute atomic E-state index is 13.1. The largest absolute Gasteiger partial charge is 0.478 e. The SMILES string of the molecule is Cc1cccc(C(=O)O[C@H](C(=O)O)[C@H](OC(=O)c2cccc(C)c2)C(=O)Nc2cccc(Cl)c2)c1. The molecule has 3 aromatic carbocycles. The predicted molar refractivity (Wildman–Crippen MR) is 128 cm³/mol. The summed E-state index contributed by atoms with van der Waals surface area (Å²) in [7, 11) is 0.